The van der Waals surface area contributed by atoms with Crippen LogP contribution in [0, 0.1) is 0 Å². The zero-order chi connectivity index (χ0) is 50.0. The van der Waals surface area contributed by atoms with Crippen LogP contribution in [-0.2, 0) is 32.9 Å². The molecule has 0 aliphatic carbocycles. The molecule has 0 fully saturated rings. The molecule has 9 aromatic carbocycles. The summed E-state index contributed by atoms with van der Waals surface area (Å²) in [5.74, 6) is 0. The highest BCUT2D eigenvalue weighted by atomic mass is 16.3. The largest absolute Gasteiger partial charge is 0.376 e. The van der Waals surface area contributed by atoms with E-state index in [-0.39, 0.29) is 21.7 Å². The molecule has 354 valence electrons. The summed E-state index contributed by atoms with van der Waals surface area (Å²) < 4.78 is 0. The summed E-state index contributed by atoms with van der Waals surface area (Å²) in [7, 11) is 0. The first kappa shape index (κ1) is 48.4. The second-order valence-corrected chi connectivity index (χ2v) is 23.7. The molecule has 2 nitrogen and oxygen atoms in total. The lowest BCUT2D eigenvalue weighted by Gasteiger charge is -2.37. The fraction of sp³-hybridized carbons (Fsp3) is 0.265. The normalized spacial score (nSPS) is 13.0. The van der Waals surface area contributed by atoms with E-state index in [1.807, 2.05) is 0 Å². The Bertz CT molecular complexity index is 2970. The smallest absolute Gasteiger partial charge is 0.141 e. The van der Waals surface area contributed by atoms with Crippen LogP contribution in [-0.4, -0.2) is 10.2 Å². The average molecular weight is 919 g/mol. The Labute approximate surface area is 417 Å². The van der Waals surface area contributed by atoms with Crippen molar-refractivity contribution < 1.29 is 10.2 Å². The maximum Gasteiger partial charge on any atom is 0.141 e. The van der Waals surface area contributed by atoms with Gasteiger partial charge in [-0.3, -0.25) is 0 Å². The highest BCUT2D eigenvalue weighted by Gasteiger charge is 2.42. The molecule has 0 bridgehead atoms. The molecule has 2 N–H and O–H groups in total. The van der Waals surface area contributed by atoms with Crippen LogP contribution in [0.15, 0.2) is 194 Å². The highest BCUT2D eigenvalue weighted by molar-refractivity contribution is 6.01. The minimum atomic E-state index is -1.67. The van der Waals surface area contributed by atoms with Crippen LogP contribution >= 0.6 is 0 Å². The quantitative estimate of drug-likeness (QED) is 0.149. The molecular weight excluding hydrogens is 849 g/mol. The van der Waals surface area contributed by atoms with Gasteiger partial charge in [0, 0.05) is 11.1 Å². The van der Waals surface area contributed by atoms with Gasteiger partial charge in [-0.2, -0.15) is 0 Å². The molecule has 0 radical (unpaired) electrons. The number of fused-ring (bicyclic) bond motifs is 2. The maximum absolute atomic E-state index is 14.5. The van der Waals surface area contributed by atoms with Crippen LogP contribution in [0.4, 0.5) is 0 Å². The third-order valence-corrected chi connectivity index (χ3v) is 14.8. The fourth-order valence-corrected chi connectivity index (χ4v) is 10.4. The summed E-state index contributed by atoms with van der Waals surface area (Å²) in [5.41, 5.74) is 9.06. The monoisotopic (exact) mass is 919 g/mol. The molecule has 0 saturated heterocycles. The fourth-order valence-electron chi connectivity index (χ4n) is 10.4. The van der Waals surface area contributed by atoms with E-state index in [9.17, 15) is 10.2 Å². The van der Waals surface area contributed by atoms with Gasteiger partial charge in [0.2, 0.25) is 0 Å². The first-order chi connectivity index (χ1) is 33.0. The summed E-state index contributed by atoms with van der Waals surface area (Å²) in [6.45, 7) is 26.7. The topological polar surface area (TPSA) is 40.5 Å². The molecule has 0 saturated carbocycles. The van der Waals surface area contributed by atoms with E-state index in [2.05, 4.69) is 277 Å². The van der Waals surface area contributed by atoms with E-state index in [1.165, 1.54) is 22.3 Å². The lowest BCUT2D eigenvalue weighted by atomic mass is 9.70. The van der Waals surface area contributed by atoms with Gasteiger partial charge in [0.25, 0.3) is 0 Å². The van der Waals surface area contributed by atoms with Crippen molar-refractivity contribution in [2.24, 2.45) is 0 Å². The number of hydrogen-bond acceptors (Lipinski definition) is 2. The van der Waals surface area contributed by atoms with Gasteiger partial charge in [0.15, 0.2) is 0 Å². The van der Waals surface area contributed by atoms with Crippen molar-refractivity contribution in [1.29, 1.82) is 0 Å². The van der Waals surface area contributed by atoms with Gasteiger partial charge >= 0.3 is 0 Å². The van der Waals surface area contributed by atoms with Crippen LogP contribution in [0.3, 0.4) is 0 Å². The van der Waals surface area contributed by atoms with Crippen molar-refractivity contribution in [3.63, 3.8) is 0 Å². The van der Waals surface area contributed by atoms with Crippen molar-refractivity contribution in [3.05, 3.63) is 250 Å². The molecule has 0 amide bonds. The van der Waals surface area contributed by atoms with E-state index in [0.29, 0.717) is 0 Å². The van der Waals surface area contributed by atoms with Crippen LogP contribution < -0.4 is 0 Å². The molecule has 0 aromatic heterocycles. The molecule has 9 rings (SSSR count). The van der Waals surface area contributed by atoms with Crippen LogP contribution in [0.2, 0.25) is 0 Å². The lowest BCUT2D eigenvalue weighted by molar-refractivity contribution is 0.122. The number of benzene rings is 9. The highest BCUT2D eigenvalue weighted by Crippen LogP contribution is 2.51. The molecule has 2 heteroatoms. The molecule has 0 aliphatic rings. The average Bonchev–Trinajstić information content (AvgIpc) is 3.34. The summed E-state index contributed by atoms with van der Waals surface area (Å²) in [5, 5.41) is 33.3. The Morgan fingerprint density at radius 3 is 0.729 bits per heavy atom. The summed E-state index contributed by atoms with van der Waals surface area (Å²) >= 11 is 0. The zero-order valence-corrected chi connectivity index (χ0v) is 43.4. The molecule has 9 aromatic rings. The second kappa shape index (κ2) is 17.7. The maximum atomic E-state index is 14.5. The van der Waals surface area contributed by atoms with E-state index >= 15 is 0 Å². The minimum absolute atomic E-state index is 0.0943. The summed E-state index contributed by atoms with van der Waals surface area (Å²) in [6.07, 6.45) is 0. The summed E-state index contributed by atoms with van der Waals surface area (Å²) in [6, 6.07) is 68.5. The predicted octanol–water partition coefficient (Wildman–Crippen LogP) is 17.1. The van der Waals surface area contributed by atoms with E-state index in [0.717, 1.165) is 77.2 Å². The molecule has 0 spiro atoms. The molecule has 70 heavy (non-hydrogen) atoms. The Kier molecular flexibility index (Phi) is 12.2. The second-order valence-electron chi connectivity index (χ2n) is 23.7. The van der Waals surface area contributed by atoms with Gasteiger partial charge in [-0.25, -0.2) is 0 Å². The third-order valence-electron chi connectivity index (χ3n) is 14.8. The Morgan fingerprint density at radius 2 is 0.471 bits per heavy atom. The molecule has 0 heterocycles. The standard InChI is InChI=1S/C68H70O2/c1-63(2,3)47-27-35-51(36-28-47)67(69,52-37-29-48(30-38-52)64(4,5)6)61-43-60(58-26-18-22-46-20-14-16-24-56(46)58)62(44-59(61)57-25-17-21-45-19-13-15-23-55(45)57)68(70,53-39-31-49(32-40-53)65(7,8)9)54-41-33-50(34-42-54)66(10,11)12/h13-44,69-70H,1-12H3. The van der Waals surface area contributed by atoms with Crippen molar-refractivity contribution in [2.45, 2.75) is 116 Å². The van der Waals surface area contributed by atoms with Gasteiger partial charge in [-0.1, -0.05) is 265 Å². The molecule has 0 atom stereocenters. The van der Waals surface area contributed by atoms with Crippen molar-refractivity contribution >= 4 is 21.5 Å². The van der Waals surface area contributed by atoms with Crippen molar-refractivity contribution in [2.75, 3.05) is 0 Å². The van der Waals surface area contributed by atoms with Gasteiger partial charge < -0.3 is 10.2 Å². The molecular formula is C68H70O2. The lowest BCUT2D eigenvalue weighted by Crippen LogP contribution is -2.33. The SMILES string of the molecule is CC(C)(C)c1ccc(C(O)(c2ccc(C(C)(C)C)cc2)c2cc(-c3cccc4ccccc34)c(C(O)(c3ccc(C(C)(C)C)cc3)c3ccc(C(C)(C)C)cc3)cc2-c2cccc3ccccc23)cc1. The Morgan fingerprint density at radius 1 is 0.243 bits per heavy atom. The molecule has 0 unspecified atom stereocenters. The minimum Gasteiger partial charge on any atom is -0.376 e. The van der Waals surface area contributed by atoms with Gasteiger partial charge in [0.05, 0.1) is 0 Å². The molecule has 0 aliphatic heterocycles. The van der Waals surface area contributed by atoms with E-state index in [4.69, 9.17) is 0 Å². The number of hydrogen-bond donors (Lipinski definition) is 2. The Balaban J connectivity index is 1.49. The van der Waals surface area contributed by atoms with Crippen molar-refractivity contribution in [3.8, 4) is 22.3 Å². The number of aliphatic hydroxyl groups is 2. The van der Waals surface area contributed by atoms with Gasteiger partial charge in [-0.05, 0) is 122 Å². The van der Waals surface area contributed by atoms with E-state index in [1.54, 1.807) is 0 Å². The van der Waals surface area contributed by atoms with E-state index < -0.39 is 11.2 Å². The van der Waals surface area contributed by atoms with Crippen LogP contribution in [0.1, 0.15) is 139 Å². The zero-order valence-electron chi connectivity index (χ0n) is 43.4. The first-order valence-corrected chi connectivity index (χ1v) is 25.0. The number of rotatable bonds is 8. The van der Waals surface area contributed by atoms with Gasteiger partial charge in [-0.15, -0.1) is 0 Å². The third kappa shape index (κ3) is 8.82. The van der Waals surface area contributed by atoms with Gasteiger partial charge in [0.1, 0.15) is 11.2 Å². The Hall–Kier alpha value is -6.58. The van der Waals surface area contributed by atoms with Crippen LogP contribution in [0.25, 0.3) is 43.8 Å². The van der Waals surface area contributed by atoms with Crippen LogP contribution in [0.5, 0.6) is 0 Å². The first-order valence-electron chi connectivity index (χ1n) is 25.0. The predicted molar refractivity (Wildman–Crippen MR) is 297 cm³/mol. The van der Waals surface area contributed by atoms with Crippen molar-refractivity contribution in [1.82, 2.24) is 0 Å². The summed E-state index contributed by atoms with van der Waals surface area (Å²) in [4.78, 5) is 0.